The van der Waals surface area contributed by atoms with Crippen LogP contribution in [0.1, 0.15) is 22.5 Å². The fourth-order valence-electron chi connectivity index (χ4n) is 3.08. The van der Waals surface area contributed by atoms with Gasteiger partial charge >= 0.3 is 0 Å². The van der Waals surface area contributed by atoms with Crippen LogP contribution in [-0.2, 0) is 26.1 Å². The molecule has 0 atom stereocenters. The first-order valence-electron chi connectivity index (χ1n) is 7.66. The van der Waals surface area contributed by atoms with Crippen LogP contribution in [-0.4, -0.2) is 31.2 Å². The Morgan fingerprint density at radius 2 is 1.95 bits per heavy atom. The van der Waals surface area contributed by atoms with Crippen LogP contribution in [0.2, 0.25) is 0 Å². The molecule has 0 unspecified atom stereocenters. The van der Waals surface area contributed by atoms with Crippen molar-refractivity contribution in [2.45, 2.75) is 26.1 Å². The number of hydrogen-bond donors (Lipinski definition) is 1. The number of rotatable bonds is 4. The number of benzene rings is 1. The lowest BCUT2D eigenvalue weighted by atomic mass is 10.1. The van der Waals surface area contributed by atoms with Gasteiger partial charge in [0.05, 0.1) is 24.3 Å². The number of aromatic nitrogens is 4. The molecule has 22 heavy (non-hydrogen) atoms. The van der Waals surface area contributed by atoms with Gasteiger partial charge in [-0.2, -0.15) is 5.10 Å². The molecule has 1 aliphatic rings. The zero-order valence-electron chi connectivity index (χ0n) is 12.4. The first kappa shape index (κ1) is 13.3. The maximum atomic E-state index is 4.37. The molecule has 0 bridgehead atoms. The van der Waals surface area contributed by atoms with Crippen molar-refractivity contribution in [3.63, 3.8) is 0 Å². The van der Waals surface area contributed by atoms with Crippen LogP contribution < -0.4 is 0 Å². The maximum absolute atomic E-state index is 4.37. The van der Waals surface area contributed by atoms with Gasteiger partial charge in [0, 0.05) is 38.4 Å². The molecule has 1 aliphatic heterocycles. The van der Waals surface area contributed by atoms with Gasteiger partial charge in [-0.05, 0) is 17.2 Å². The SMILES string of the molecule is c1ccc(Cn2cccn2)c(CN2CCc3nc[nH]c3C2)c1. The average Bonchev–Trinajstić information content (AvgIpc) is 3.20. The highest BCUT2D eigenvalue weighted by Gasteiger charge is 2.18. The summed E-state index contributed by atoms with van der Waals surface area (Å²) in [4.78, 5) is 10.1. The van der Waals surface area contributed by atoms with E-state index in [4.69, 9.17) is 0 Å². The second-order valence-electron chi connectivity index (χ2n) is 5.76. The Labute approximate surface area is 129 Å². The normalized spacial score (nSPS) is 14.9. The number of H-pyrrole nitrogens is 1. The molecule has 0 aliphatic carbocycles. The Bertz CT molecular complexity index is 744. The van der Waals surface area contributed by atoms with Gasteiger partial charge < -0.3 is 4.98 Å². The standard InChI is InChI=1S/C17H19N5/c1-2-5-15(11-22-8-3-7-20-22)14(4-1)10-21-9-6-16-17(12-21)19-13-18-16/h1-5,7-8,13H,6,9-12H2,(H,18,19). The smallest absolute Gasteiger partial charge is 0.0925 e. The van der Waals surface area contributed by atoms with Crippen LogP contribution in [0.15, 0.2) is 49.1 Å². The van der Waals surface area contributed by atoms with E-state index in [1.807, 2.05) is 23.1 Å². The molecule has 0 saturated heterocycles. The van der Waals surface area contributed by atoms with Crippen LogP contribution in [0.4, 0.5) is 0 Å². The van der Waals surface area contributed by atoms with E-state index in [0.717, 1.165) is 32.6 Å². The molecule has 0 radical (unpaired) electrons. The van der Waals surface area contributed by atoms with E-state index in [9.17, 15) is 0 Å². The molecule has 0 spiro atoms. The van der Waals surface area contributed by atoms with Crippen LogP contribution in [0.5, 0.6) is 0 Å². The summed E-state index contributed by atoms with van der Waals surface area (Å²) in [6.45, 7) is 3.81. The summed E-state index contributed by atoms with van der Waals surface area (Å²) >= 11 is 0. The fraction of sp³-hybridized carbons (Fsp3) is 0.294. The lowest BCUT2D eigenvalue weighted by Crippen LogP contribution is -2.30. The molecule has 4 rings (SSSR count). The molecule has 5 nitrogen and oxygen atoms in total. The highest BCUT2D eigenvalue weighted by molar-refractivity contribution is 5.27. The van der Waals surface area contributed by atoms with Crippen LogP contribution in [0.25, 0.3) is 0 Å². The van der Waals surface area contributed by atoms with Gasteiger partial charge in [0.15, 0.2) is 0 Å². The fourth-order valence-corrected chi connectivity index (χ4v) is 3.08. The summed E-state index contributed by atoms with van der Waals surface area (Å²) in [7, 11) is 0. The van der Waals surface area contributed by atoms with Gasteiger partial charge in [-0.3, -0.25) is 9.58 Å². The molecule has 0 amide bonds. The first-order chi connectivity index (χ1) is 10.9. The molecule has 1 N–H and O–H groups in total. The minimum atomic E-state index is 0.826. The van der Waals surface area contributed by atoms with Crippen molar-refractivity contribution >= 4 is 0 Å². The molecule has 0 fully saturated rings. The Morgan fingerprint density at radius 1 is 1.09 bits per heavy atom. The largest absolute Gasteiger partial charge is 0.347 e. The zero-order valence-corrected chi connectivity index (χ0v) is 12.4. The van der Waals surface area contributed by atoms with E-state index < -0.39 is 0 Å². The number of aromatic amines is 1. The second-order valence-corrected chi connectivity index (χ2v) is 5.76. The summed E-state index contributed by atoms with van der Waals surface area (Å²) < 4.78 is 1.97. The Morgan fingerprint density at radius 3 is 2.77 bits per heavy atom. The highest BCUT2D eigenvalue weighted by Crippen LogP contribution is 2.19. The molecule has 3 aromatic rings. The Balaban J connectivity index is 1.51. The van der Waals surface area contributed by atoms with E-state index in [-0.39, 0.29) is 0 Å². The molecule has 3 heterocycles. The van der Waals surface area contributed by atoms with Crippen molar-refractivity contribution < 1.29 is 0 Å². The minimum Gasteiger partial charge on any atom is -0.347 e. The van der Waals surface area contributed by atoms with Crippen molar-refractivity contribution in [2.24, 2.45) is 0 Å². The summed E-state index contributed by atoms with van der Waals surface area (Å²) in [5.74, 6) is 0. The second kappa shape index (κ2) is 5.77. The molecule has 1 aromatic carbocycles. The van der Waals surface area contributed by atoms with Crippen molar-refractivity contribution in [3.05, 3.63) is 71.6 Å². The number of fused-ring (bicyclic) bond motifs is 1. The summed E-state index contributed by atoms with van der Waals surface area (Å²) in [5.41, 5.74) is 5.19. The van der Waals surface area contributed by atoms with E-state index in [0.29, 0.717) is 0 Å². The molecule has 112 valence electrons. The van der Waals surface area contributed by atoms with Crippen molar-refractivity contribution in [3.8, 4) is 0 Å². The van der Waals surface area contributed by atoms with E-state index in [1.165, 1.54) is 22.5 Å². The van der Waals surface area contributed by atoms with Crippen LogP contribution in [0, 0.1) is 0 Å². The summed E-state index contributed by atoms with van der Waals surface area (Å²) in [5, 5.41) is 4.31. The van der Waals surface area contributed by atoms with Gasteiger partial charge in [-0.1, -0.05) is 24.3 Å². The molecule has 5 heteroatoms. The van der Waals surface area contributed by atoms with E-state index >= 15 is 0 Å². The molecule has 2 aromatic heterocycles. The summed E-state index contributed by atoms with van der Waals surface area (Å²) in [6, 6.07) is 10.6. The van der Waals surface area contributed by atoms with Crippen molar-refractivity contribution in [1.29, 1.82) is 0 Å². The monoisotopic (exact) mass is 293 g/mol. The number of nitrogens with zero attached hydrogens (tertiary/aromatic N) is 4. The van der Waals surface area contributed by atoms with E-state index in [1.54, 1.807) is 6.33 Å². The quantitative estimate of drug-likeness (QED) is 0.802. The van der Waals surface area contributed by atoms with Crippen molar-refractivity contribution in [2.75, 3.05) is 6.54 Å². The highest BCUT2D eigenvalue weighted by atomic mass is 15.3. The Kier molecular flexibility index (Phi) is 3.48. The lowest BCUT2D eigenvalue weighted by Gasteiger charge is -2.27. The van der Waals surface area contributed by atoms with Gasteiger partial charge in [0.25, 0.3) is 0 Å². The predicted octanol–water partition coefficient (Wildman–Crippen LogP) is 2.21. The third-order valence-electron chi connectivity index (χ3n) is 4.26. The summed E-state index contributed by atoms with van der Waals surface area (Å²) in [6.07, 6.45) is 6.67. The van der Waals surface area contributed by atoms with Gasteiger partial charge in [0.2, 0.25) is 0 Å². The van der Waals surface area contributed by atoms with Gasteiger partial charge in [0.1, 0.15) is 0 Å². The number of imidazole rings is 1. The molecular weight excluding hydrogens is 274 g/mol. The topological polar surface area (TPSA) is 49.7 Å². The molecular formula is C17H19N5. The third kappa shape index (κ3) is 2.67. The molecule has 0 saturated carbocycles. The zero-order chi connectivity index (χ0) is 14.8. The van der Waals surface area contributed by atoms with Crippen LogP contribution >= 0.6 is 0 Å². The first-order valence-corrected chi connectivity index (χ1v) is 7.66. The third-order valence-corrected chi connectivity index (χ3v) is 4.26. The predicted molar refractivity (Wildman–Crippen MR) is 84.2 cm³/mol. The maximum Gasteiger partial charge on any atom is 0.0925 e. The number of nitrogens with one attached hydrogen (secondary N) is 1. The van der Waals surface area contributed by atoms with Crippen LogP contribution in [0.3, 0.4) is 0 Å². The van der Waals surface area contributed by atoms with E-state index in [2.05, 4.69) is 44.2 Å². The van der Waals surface area contributed by atoms with Gasteiger partial charge in [-0.15, -0.1) is 0 Å². The minimum absolute atomic E-state index is 0.826. The van der Waals surface area contributed by atoms with Gasteiger partial charge in [-0.25, -0.2) is 4.98 Å². The lowest BCUT2D eigenvalue weighted by molar-refractivity contribution is 0.240. The Hall–Kier alpha value is -2.40. The number of hydrogen-bond acceptors (Lipinski definition) is 3. The average molecular weight is 293 g/mol. The van der Waals surface area contributed by atoms with Crippen molar-refractivity contribution in [1.82, 2.24) is 24.6 Å².